The summed E-state index contributed by atoms with van der Waals surface area (Å²) in [4.78, 5) is 7.05. The van der Waals surface area contributed by atoms with Crippen molar-refractivity contribution in [3.8, 4) is 11.5 Å². The fraction of sp³-hybridized carbons (Fsp3) is 0.406. The van der Waals surface area contributed by atoms with Crippen LogP contribution in [0.1, 0.15) is 49.1 Å². The van der Waals surface area contributed by atoms with Crippen molar-refractivity contribution >= 4 is 17.2 Å². The van der Waals surface area contributed by atoms with Crippen LogP contribution in [-0.4, -0.2) is 54.9 Å². The average Bonchev–Trinajstić information content (AvgIpc) is 3.08. The van der Waals surface area contributed by atoms with Crippen LogP contribution in [0.5, 0.6) is 11.5 Å². The molecule has 1 atom stereocenters. The van der Waals surface area contributed by atoms with E-state index < -0.39 is 5.60 Å². The zero-order valence-corrected chi connectivity index (χ0v) is 23.7. The number of pyridine rings is 1. The number of likely N-dealkylation sites (tertiary alicyclic amines) is 1. The Balaban J connectivity index is 1.35. The van der Waals surface area contributed by atoms with Gasteiger partial charge in [-0.25, -0.2) is 0 Å². The van der Waals surface area contributed by atoms with E-state index in [0.717, 1.165) is 65.5 Å². The van der Waals surface area contributed by atoms with E-state index in [1.807, 2.05) is 48.7 Å². The van der Waals surface area contributed by atoms with E-state index in [1.54, 1.807) is 7.11 Å². The minimum absolute atomic E-state index is 0.320. The molecule has 1 aromatic heterocycles. The summed E-state index contributed by atoms with van der Waals surface area (Å²) in [6, 6.07) is 17.7. The molecule has 0 amide bonds. The number of methoxy groups -OCH3 is 1. The van der Waals surface area contributed by atoms with E-state index >= 15 is 0 Å². The zero-order chi connectivity index (χ0) is 27.5. The molecule has 0 bridgehead atoms. The Morgan fingerprint density at radius 2 is 1.92 bits per heavy atom. The maximum atomic E-state index is 11.7. The molecule has 3 aromatic rings. The van der Waals surface area contributed by atoms with E-state index in [2.05, 4.69) is 41.9 Å². The van der Waals surface area contributed by atoms with Gasteiger partial charge in [-0.15, -0.1) is 0 Å². The number of aromatic nitrogens is 1. The molecule has 2 aliphatic heterocycles. The molecule has 1 saturated heterocycles. The first-order chi connectivity index (χ1) is 18.8. The highest BCUT2D eigenvalue weighted by Gasteiger charge is 2.48. The Hall–Kier alpha value is -2.90. The molecule has 0 aliphatic carbocycles. The maximum absolute atomic E-state index is 11.7. The molecule has 3 heterocycles. The minimum Gasteiger partial charge on any atom is -0.491 e. The Morgan fingerprint density at radius 3 is 2.69 bits per heavy atom. The predicted molar refractivity (Wildman–Crippen MR) is 154 cm³/mol. The van der Waals surface area contributed by atoms with Crippen LogP contribution >= 0.6 is 11.6 Å². The number of rotatable bonds is 8. The van der Waals surface area contributed by atoms with Gasteiger partial charge in [-0.05, 0) is 60.4 Å². The molecule has 1 N–H and O–H groups in total. The Kier molecular flexibility index (Phi) is 8.29. The average molecular weight is 549 g/mol. The van der Waals surface area contributed by atoms with Gasteiger partial charge >= 0.3 is 0 Å². The number of fused-ring (bicyclic) bond motifs is 2. The molecule has 5 rings (SSSR count). The normalized spacial score (nSPS) is 21.5. The summed E-state index contributed by atoms with van der Waals surface area (Å²) in [6.07, 6.45) is 5.63. The van der Waals surface area contributed by atoms with Crippen LogP contribution in [0.4, 0.5) is 0 Å². The van der Waals surface area contributed by atoms with Crippen molar-refractivity contribution in [3.63, 3.8) is 0 Å². The molecule has 0 spiro atoms. The third kappa shape index (κ3) is 5.85. The van der Waals surface area contributed by atoms with Gasteiger partial charge in [0, 0.05) is 54.5 Å². The molecule has 2 aromatic carbocycles. The van der Waals surface area contributed by atoms with Crippen molar-refractivity contribution in [1.29, 1.82) is 0 Å². The summed E-state index contributed by atoms with van der Waals surface area (Å²) in [5.74, 6) is 1.61. The largest absolute Gasteiger partial charge is 0.491 e. The van der Waals surface area contributed by atoms with Gasteiger partial charge < -0.3 is 24.2 Å². The maximum Gasteiger partial charge on any atom is 0.131 e. The van der Waals surface area contributed by atoms with Crippen molar-refractivity contribution in [3.05, 3.63) is 94.3 Å². The van der Waals surface area contributed by atoms with Crippen LogP contribution in [0.25, 0.3) is 5.57 Å². The van der Waals surface area contributed by atoms with Crippen LogP contribution < -0.4 is 9.47 Å². The summed E-state index contributed by atoms with van der Waals surface area (Å²) < 4.78 is 17.2. The van der Waals surface area contributed by atoms with Crippen LogP contribution in [0.3, 0.4) is 0 Å². The topological polar surface area (TPSA) is 64.1 Å². The summed E-state index contributed by atoms with van der Waals surface area (Å²) in [6.45, 7) is 8.25. The van der Waals surface area contributed by atoms with E-state index in [4.69, 9.17) is 25.8 Å². The zero-order valence-electron chi connectivity index (χ0n) is 23.0. The fourth-order valence-electron chi connectivity index (χ4n) is 5.76. The molecule has 39 heavy (non-hydrogen) atoms. The van der Waals surface area contributed by atoms with E-state index in [0.29, 0.717) is 31.3 Å². The molecular weight excluding hydrogens is 512 g/mol. The number of hydrogen-bond acceptors (Lipinski definition) is 6. The first-order valence-corrected chi connectivity index (χ1v) is 13.9. The summed E-state index contributed by atoms with van der Waals surface area (Å²) in [7, 11) is 1.67. The van der Waals surface area contributed by atoms with Crippen molar-refractivity contribution < 1.29 is 19.3 Å². The molecule has 1 fully saturated rings. The van der Waals surface area contributed by atoms with Gasteiger partial charge in [-0.3, -0.25) is 4.98 Å². The van der Waals surface area contributed by atoms with Gasteiger partial charge in [0.1, 0.15) is 24.7 Å². The minimum atomic E-state index is -0.895. The molecule has 6 nitrogen and oxygen atoms in total. The monoisotopic (exact) mass is 548 g/mol. The van der Waals surface area contributed by atoms with Crippen LogP contribution in [0, 0.1) is 5.41 Å². The highest BCUT2D eigenvalue weighted by atomic mass is 35.5. The number of benzene rings is 2. The predicted octanol–water partition coefficient (Wildman–Crippen LogP) is 6.09. The lowest BCUT2D eigenvalue weighted by Gasteiger charge is -2.50. The molecule has 0 unspecified atom stereocenters. The number of aliphatic hydroxyl groups is 1. The van der Waals surface area contributed by atoms with Crippen LogP contribution in [0.15, 0.2) is 66.9 Å². The number of nitrogens with zero attached hydrogens (tertiary/aromatic N) is 2. The Morgan fingerprint density at radius 1 is 1.10 bits per heavy atom. The summed E-state index contributed by atoms with van der Waals surface area (Å²) >= 11 is 6.10. The second kappa shape index (κ2) is 11.7. The lowest BCUT2D eigenvalue weighted by Crippen LogP contribution is -2.55. The second-order valence-electron chi connectivity index (χ2n) is 11.0. The smallest absolute Gasteiger partial charge is 0.131 e. The Labute approximate surface area is 236 Å². The second-order valence-corrected chi connectivity index (χ2v) is 11.4. The van der Waals surface area contributed by atoms with Crippen molar-refractivity contribution in [2.24, 2.45) is 5.41 Å². The van der Waals surface area contributed by atoms with Crippen LogP contribution in [-0.2, 0) is 16.9 Å². The van der Waals surface area contributed by atoms with Gasteiger partial charge in [0.05, 0.1) is 17.9 Å². The van der Waals surface area contributed by atoms with E-state index in [9.17, 15) is 5.11 Å². The summed E-state index contributed by atoms with van der Waals surface area (Å²) in [5.41, 5.74) is 3.84. The molecular formula is C32H37ClN2O4. The third-order valence-corrected chi connectivity index (χ3v) is 8.24. The first-order valence-electron chi connectivity index (χ1n) is 13.5. The number of halogens is 1. The highest BCUT2D eigenvalue weighted by Crippen LogP contribution is 2.46. The third-order valence-electron chi connectivity index (χ3n) is 7.99. The molecule has 0 saturated carbocycles. The fourth-order valence-corrected chi connectivity index (χ4v) is 5.88. The summed E-state index contributed by atoms with van der Waals surface area (Å²) in [5, 5.41) is 12.4. The number of piperidine rings is 1. The number of ether oxygens (including phenoxy) is 3. The van der Waals surface area contributed by atoms with Gasteiger partial charge in [0.15, 0.2) is 0 Å². The molecule has 206 valence electrons. The van der Waals surface area contributed by atoms with Crippen molar-refractivity contribution in [1.82, 2.24) is 9.88 Å². The van der Waals surface area contributed by atoms with E-state index in [1.165, 1.54) is 0 Å². The first kappa shape index (κ1) is 27.7. The van der Waals surface area contributed by atoms with Gasteiger partial charge in [0.2, 0.25) is 0 Å². The lowest BCUT2D eigenvalue weighted by molar-refractivity contribution is -0.125. The highest BCUT2D eigenvalue weighted by molar-refractivity contribution is 6.30. The molecule has 7 heteroatoms. The SMILES string of the molecule is COCCOc1ccc2c(c1)/C(=C/CCN1CC[C@](O)(c3ccc(Cl)cc3)C(C)(C)C1)c1cccnc1CO2. The van der Waals surface area contributed by atoms with Crippen molar-refractivity contribution in [2.45, 2.75) is 38.9 Å². The van der Waals surface area contributed by atoms with Crippen LogP contribution in [0.2, 0.25) is 5.02 Å². The quantitative estimate of drug-likeness (QED) is 0.343. The Bertz CT molecular complexity index is 1320. The van der Waals surface area contributed by atoms with E-state index in [-0.39, 0.29) is 5.41 Å². The van der Waals surface area contributed by atoms with Gasteiger partial charge in [-0.2, -0.15) is 0 Å². The lowest BCUT2D eigenvalue weighted by atomic mass is 9.66. The van der Waals surface area contributed by atoms with Gasteiger partial charge in [-0.1, -0.05) is 49.7 Å². The van der Waals surface area contributed by atoms with Crippen molar-refractivity contribution in [2.75, 3.05) is 40.0 Å². The number of hydrogen-bond donors (Lipinski definition) is 1. The molecule has 2 aliphatic rings. The van der Waals surface area contributed by atoms with Gasteiger partial charge in [0.25, 0.3) is 0 Å². The standard InChI is InChI=1S/C32H37ClN2O4/c1-31(2)22-35(17-14-32(31,36)23-8-10-24(33)11-9-23)16-5-7-26-27-6-4-15-34-29(27)21-39-30-13-12-25(20-28(26)30)38-19-18-37-3/h4,6-13,15,20,36H,5,14,16-19,21-22H2,1-3H3/b26-7+/t32-/m0/s1. The molecule has 0 radical (unpaired) electrons.